The fourth-order valence-electron chi connectivity index (χ4n) is 5.32. The minimum atomic E-state index is -0.946. The van der Waals surface area contributed by atoms with Gasteiger partial charge in [0.2, 0.25) is 29.5 Å². The van der Waals surface area contributed by atoms with Crippen LogP contribution >= 0.6 is 11.6 Å². The summed E-state index contributed by atoms with van der Waals surface area (Å²) in [5, 5.41) is 8.70. The summed E-state index contributed by atoms with van der Waals surface area (Å²) in [7, 11) is 1.49. The van der Waals surface area contributed by atoms with Crippen molar-refractivity contribution >= 4 is 41.1 Å². The molecule has 4 rings (SSSR count). The van der Waals surface area contributed by atoms with Gasteiger partial charge in [-0.2, -0.15) is 0 Å². The van der Waals surface area contributed by atoms with E-state index in [4.69, 9.17) is 21.1 Å². The normalized spacial score (nSPS) is 21.6. The van der Waals surface area contributed by atoms with Crippen molar-refractivity contribution in [2.75, 3.05) is 39.9 Å². The van der Waals surface area contributed by atoms with E-state index in [9.17, 15) is 24.0 Å². The molecule has 248 valence electrons. The lowest BCUT2D eigenvalue weighted by atomic mass is 10.0. The molecule has 3 N–H and O–H groups in total. The molecule has 12 nitrogen and oxygen atoms in total. The van der Waals surface area contributed by atoms with Crippen LogP contribution < -0.4 is 25.4 Å². The third kappa shape index (κ3) is 9.12. The number of halogens is 1. The summed E-state index contributed by atoms with van der Waals surface area (Å²) in [6, 6.07) is 9.68. The topological polar surface area (TPSA) is 146 Å². The lowest BCUT2D eigenvalue weighted by Gasteiger charge is -2.30. The standard InChI is InChI=1S/C33H42ClN5O7/c1-20(2)14-26-33(44)38(4)21(3)31(42)37-25(15-22-8-6-5-7-9-22)32(43)35-10-11-39(19-29(40)36-26)30(41)17-23-16-27-28(18-24(23)34)46-13-12-45-27/h5-9,16,18,20-21,25-26H,10-15,17,19H2,1-4H3,(H,35,43)(H,36,40)(H,37,42)/t21-,25-,26-/m0/s1. The van der Waals surface area contributed by atoms with E-state index in [0.717, 1.165) is 5.56 Å². The van der Waals surface area contributed by atoms with Crippen LogP contribution in [0.3, 0.4) is 0 Å². The van der Waals surface area contributed by atoms with Gasteiger partial charge in [-0.25, -0.2) is 0 Å². The molecular formula is C33H42ClN5O7. The molecule has 13 heteroatoms. The molecule has 2 aromatic carbocycles. The lowest BCUT2D eigenvalue weighted by Crippen LogP contribution is -2.57. The Labute approximate surface area is 274 Å². The smallest absolute Gasteiger partial charge is 0.245 e. The molecule has 2 aliphatic heterocycles. The van der Waals surface area contributed by atoms with Crippen molar-refractivity contribution in [1.82, 2.24) is 25.8 Å². The van der Waals surface area contributed by atoms with Crippen LogP contribution in [0, 0.1) is 5.92 Å². The number of nitrogens with zero attached hydrogens (tertiary/aromatic N) is 2. The van der Waals surface area contributed by atoms with Gasteiger partial charge in [-0.1, -0.05) is 55.8 Å². The molecule has 1 fully saturated rings. The highest BCUT2D eigenvalue weighted by Gasteiger charge is 2.33. The highest BCUT2D eigenvalue weighted by Crippen LogP contribution is 2.35. The van der Waals surface area contributed by atoms with Crippen molar-refractivity contribution in [2.45, 2.75) is 58.2 Å². The van der Waals surface area contributed by atoms with Crippen molar-refractivity contribution in [3.8, 4) is 11.5 Å². The molecule has 3 atom stereocenters. The maximum atomic E-state index is 13.6. The monoisotopic (exact) mass is 655 g/mol. The molecule has 46 heavy (non-hydrogen) atoms. The highest BCUT2D eigenvalue weighted by atomic mass is 35.5. The Bertz CT molecular complexity index is 1440. The van der Waals surface area contributed by atoms with Gasteiger partial charge in [-0.15, -0.1) is 0 Å². The number of carbonyl (C=O) groups is 5. The average Bonchev–Trinajstić information content (AvgIpc) is 3.02. The summed E-state index contributed by atoms with van der Waals surface area (Å²) in [4.78, 5) is 69.9. The third-order valence-corrected chi connectivity index (χ3v) is 8.34. The SMILES string of the molecule is CC(C)C[C@@H]1NC(=O)CN(C(=O)Cc2cc3c(cc2Cl)OCCO3)CCNC(=O)[C@H](Cc2ccccc2)NC(=O)[C@H](C)N(C)C1=O. The first kappa shape index (κ1) is 34.6. The predicted octanol–water partition coefficient (Wildman–Crippen LogP) is 1.72. The Balaban J connectivity index is 1.60. The molecule has 5 amide bonds. The summed E-state index contributed by atoms with van der Waals surface area (Å²) in [5.41, 5.74) is 1.32. The Kier molecular flexibility index (Phi) is 11.9. The molecule has 0 bridgehead atoms. The number of ether oxygens (including phenoxy) is 2. The highest BCUT2D eigenvalue weighted by molar-refractivity contribution is 6.31. The van der Waals surface area contributed by atoms with E-state index in [1.54, 1.807) is 19.1 Å². The number of benzene rings is 2. The Morgan fingerprint density at radius 1 is 0.978 bits per heavy atom. The van der Waals surface area contributed by atoms with Crippen LogP contribution in [0.2, 0.25) is 5.02 Å². The number of nitrogens with one attached hydrogen (secondary N) is 3. The van der Waals surface area contributed by atoms with Gasteiger partial charge in [0.05, 0.1) is 13.0 Å². The predicted molar refractivity (Wildman–Crippen MR) is 171 cm³/mol. The molecule has 2 aliphatic rings. The minimum absolute atomic E-state index is 0.00866. The molecular weight excluding hydrogens is 614 g/mol. The Hall–Kier alpha value is -4.32. The van der Waals surface area contributed by atoms with Crippen molar-refractivity contribution in [2.24, 2.45) is 5.92 Å². The number of hydrogen-bond donors (Lipinski definition) is 3. The number of hydrogen-bond acceptors (Lipinski definition) is 7. The summed E-state index contributed by atoms with van der Waals surface area (Å²) in [5.74, 6) is -1.39. The first-order chi connectivity index (χ1) is 21.9. The molecule has 2 heterocycles. The van der Waals surface area contributed by atoms with Crippen LogP contribution in [0.15, 0.2) is 42.5 Å². The summed E-state index contributed by atoms with van der Waals surface area (Å²) in [6.07, 6.45) is 0.392. The second-order valence-electron chi connectivity index (χ2n) is 12.0. The molecule has 2 aromatic rings. The number of amides is 5. The number of carbonyl (C=O) groups excluding carboxylic acids is 5. The second-order valence-corrected chi connectivity index (χ2v) is 12.4. The quantitative estimate of drug-likeness (QED) is 0.430. The number of likely N-dealkylation sites (N-methyl/N-ethyl adjacent to an activating group) is 1. The molecule has 0 aliphatic carbocycles. The summed E-state index contributed by atoms with van der Waals surface area (Å²) in [6.45, 7) is 5.81. The number of rotatable bonds is 6. The van der Waals surface area contributed by atoms with Gasteiger partial charge >= 0.3 is 0 Å². The van der Waals surface area contributed by atoms with E-state index in [-0.39, 0.29) is 38.4 Å². The second kappa shape index (κ2) is 15.8. The zero-order valence-electron chi connectivity index (χ0n) is 26.6. The van der Waals surface area contributed by atoms with Crippen LogP contribution in [-0.4, -0.2) is 97.4 Å². The van der Waals surface area contributed by atoms with Crippen molar-refractivity contribution in [1.29, 1.82) is 0 Å². The van der Waals surface area contributed by atoms with Crippen LogP contribution in [-0.2, 0) is 36.8 Å². The fraction of sp³-hybridized carbons (Fsp3) is 0.485. The maximum Gasteiger partial charge on any atom is 0.245 e. The molecule has 0 saturated carbocycles. The largest absolute Gasteiger partial charge is 0.486 e. The fourth-order valence-corrected chi connectivity index (χ4v) is 5.54. The zero-order valence-corrected chi connectivity index (χ0v) is 27.4. The zero-order chi connectivity index (χ0) is 33.4. The molecule has 0 unspecified atom stereocenters. The van der Waals surface area contributed by atoms with Gasteiger partial charge in [0.15, 0.2) is 11.5 Å². The van der Waals surface area contributed by atoms with E-state index in [0.29, 0.717) is 41.7 Å². The van der Waals surface area contributed by atoms with Gasteiger partial charge < -0.3 is 35.2 Å². The average molecular weight is 656 g/mol. The molecule has 0 spiro atoms. The van der Waals surface area contributed by atoms with E-state index >= 15 is 0 Å². The van der Waals surface area contributed by atoms with Crippen molar-refractivity contribution < 1.29 is 33.4 Å². The first-order valence-electron chi connectivity index (χ1n) is 15.5. The molecule has 0 aromatic heterocycles. The van der Waals surface area contributed by atoms with Gasteiger partial charge in [0, 0.05) is 37.6 Å². The van der Waals surface area contributed by atoms with E-state index in [2.05, 4.69) is 16.0 Å². The number of fused-ring (bicyclic) bond motifs is 1. The summed E-state index contributed by atoms with van der Waals surface area (Å²) < 4.78 is 11.2. The maximum absolute atomic E-state index is 13.6. The third-order valence-electron chi connectivity index (χ3n) is 7.99. The molecule has 0 radical (unpaired) electrons. The lowest BCUT2D eigenvalue weighted by molar-refractivity contribution is -0.142. The van der Waals surface area contributed by atoms with E-state index in [1.807, 2.05) is 44.2 Å². The van der Waals surface area contributed by atoms with Gasteiger partial charge in [0.25, 0.3) is 0 Å². The van der Waals surface area contributed by atoms with Crippen molar-refractivity contribution in [3.05, 3.63) is 58.6 Å². The minimum Gasteiger partial charge on any atom is -0.486 e. The van der Waals surface area contributed by atoms with Crippen LogP contribution in [0.5, 0.6) is 11.5 Å². The molecule has 1 saturated heterocycles. The van der Waals surface area contributed by atoms with E-state index < -0.39 is 47.7 Å². The van der Waals surface area contributed by atoms with Crippen LogP contribution in [0.1, 0.15) is 38.3 Å². The van der Waals surface area contributed by atoms with Gasteiger partial charge in [0.1, 0.15) is 31.3 Å². The van der Waals surface area contributed by atoms with Crippen LogP contribution in [0.4, 0.5) is 0 Å². The first-order valence-corrected chi connectivity index (χ1v) is 15.8. The Morgan fingerprint density at radius 2 is 1.65 bits per heavy atom. The van der Waals surface area contributed by atoms with Gasteiger partial charge in [-0.3, -0.25) is 24.0 Å². The van der Waals surface area contributed by atoms with E-state index in [1.165, 1.54) is 16.8 Å². The van der Waals surface area contributed by atoms with Crippen LogP contribution in [0.25, 0.3) is 0 Å². The summed E-state index contributed by atoms with van der Waals surface area (Å²) >= 11 is 6.47. The Morgan fingerprint density at radius 3 is 2.33 bits per heavy atom. The van der Waals surface area contributed by atoms with Crippen molar-refractivity contribution in [3.63, 3.8) is 0 Å². The van der Waals surface area contributed by atoms with Gasteiger partial charge in [-0.05, 0) is 36.5 Å².